The normalized spacial score (nSPS) is 13.0. The predicted molar refractivity (Wildman–Crippen MR) is 69.3 cm³/mol. The van der Waals surface area contributed by atoms with E-state index in [0.29, 0.717) is 5.84 Å². The van der Waals surface area contributed by atoms with Crippen molar-refractivity contribution < 1.29 is 5.21 Å². The molecule has 0 aliphatic heterocycles. The topological polar surface area (TPSA) is 71.5 Å². The van der Waals surface area contributed by atoms with Crippen LogP contribution in [0, 0.1) is 5.41 Å². The van der Waals surface area contributed by atoms with Gasteiger partial charge in [-0.25, -0.2) is 4.98 Å². The number of thiazole rings is 1. The highest BCUT2D eigenvalue weighted by molar-refractivity contribution is 8.00. The fourth-order valence-corrected chi connectivity index (χ4v) is 2.87. The monoisotopic (exact) mass is 259 g/mol. The van der Waals surface area contributed by atoms with Gasteiger partial charge in [0.05, 0.1) is 0 Å². The first-order valence-electron chi connectivity index (χ1n) is 5.06. The Morgan fingerprint density at radius 1 is 1.69 bits per heavy atom. The van der Waals surface area contributed by atoms with Crippen LogP contribution >= 0.6 is 23.1 Å². The molecule has 1 heterocycles. The van der Waals surface area contributed by atoms with Crippen LogP contribution in [-0.2, 0) is 0 Å². The van der Waals surface area contributed by atoms with E-state index in [4.69, 9.17) is 10.9 Å². The highest BCUT2D eigenvalue weighted by Gasteiger charge is 2.22. The maximum atomic E-state index is 8.63. The van der Waals surface area contributed by atoms with Crippen LogP contribution in [0.5, 0.6) is 0 Å². The van der Waals surface area contributed by atoms with Gasteiger partial charge in [-0.15, -0.1) is 11.3 Å². The van der Waals surface area contributed by atoms with Crippen molar-refractivity contribution in [2.24, 2.45) is 16.3 Å². The predicted octanol–water partition coefficient (Wildman–Crippen LogP) is 2.79. The summed E-state index contributed by atoms with van der Waals surface area (Å²) in [6, 6.07) is 0. The van der Waals surface area contributed by atoms with Gasteiger partial charge in [-0.1, -0.05) is 30.8 Å². The Morgan fingerprint density at radius 2 is 2.44 bits per heavy atom. The largest absolute Gasteiger partial charge is 0.409 e. The summed E-state index contributed by atoms with van der Waals surface area (Å²) >= 11 is 3.41. The van der Waals surface area contributed by atoms with Gasteiger partial charge in [0.15, 0.2) is 0 Å². The smallest absolute Gasteiger partial charge is 0.149 e. The minimum absolute atomic E-state index is 0.238. The molecule has 1 aromatic heterocycles. The van der Waals surface area contributed by atoms with E-state index in [0.717, 1.165) is 22.9 Å². The second-order valence-electron chi connectivity index (χ2n) is 4.12. The number of nitrogens with zero attached hydrogens (tertiary/aromatic N) is 2. The molecule has 0 fully saturated rings. The van der Waals surface area contributed by atoms with Crippen molar-refractivity contribution in [2.75, 3.05) is 5.75 Å². The van der Waals surface area contributed by atoms with Crippen molar-refractivity contribution in [1.29, 1.82) is 0 Å². The van der Waals surface area contributed by atoms with Gasteiger partial charge in [-0.05, 0) is 12.8 Å². The summed E-state index contributed by atoms with van der Waals surface area (Å²) < 4.78 is 1.10. The highest BCUT2D eigenvalue weighted by Crippen LogP contribution is 2.26. The number of oxime groups is 1. The van der Waals surface area contributed by atoms with E-state index in [9.17, 15) is 0 Å². The SMILES string of the molecule is CC(C)(CCCSc1nccs1)C(N)=NO. The molecular formula is C10H17N3OS2. The van der Waals surface area contributed by atoms with Gasteiger partial charge in [-0.2, -0.15) is 0 Å². The summed E-state index contributed by atoms with van der Waals surface area (Å²) in [5.74, 6) is 1.31. The molecule has 1 aromatic rings. The molecule has 0 aliphatic rings. The third-order valence-electron chi connectivity index (χ3n) is 2.38. The third-order valence-corrected chi connectivity index (χ3v) is 4.43. The summed E-state index contributed by atoms with van der Waals surface area (Å²) in [6.45, 7) is 3.96. The molecule has 0 aromatic carbocycles. The Morgan fingerprint density at radius 3 is 3.00 bits per heavy atom. The summed E-state index contributed by atoms with van der Waals surface area (Å²) in [4.78, 5) is 4.19. The molecule has 0 unspecified atom stereocenters. The molecule has 6 heteroatoms. The first kappa shape index (κ1) is 13.3. The zero-order chi connectivity index (χ0) is 12.0. The van der Waals surface area contributed by atoms with E-state index in [2.05, 4.69) is 10.1 Å². The summed E-state index contributed by atoms with van der Waals surface area (Å²) in [5.41, 5.74) is 5.37. The van der Waals surface area contributed by atoms with Crippen LogP contribution in [0.3, 0.4) is 0 Å². The number of nitrogens with two attached hydrogens (primary N) is 1. The van der Waals surface area contributed by atoms with Crippen LogP contribution in [0.1, 0.15) is 26.7 Å². The van der Waals surface area contributed by atoms with Crippen LogP contribution in [0.15, 0.2) is 21.1 Å². The molecule has 0 amide bonds. The molecule has 3 N–H and O–H groups in total. The third kappa shape index (κ3) is 4.02. The van der Waals surface area contributed by atoms with Gasteiger partial charge in [-0.3, -0.25) is 0 Å². The van der Waals surface area contributed by atoms with E-state index in [1.807, 2.05) is 25.4 Å². The van der Waals surface area contributed by atoms with Crippen molar-refractivity contribution in [3.05, 3.63) is 11.6 Å². The molecule has 1 rings (SSSR count). The quantitative estimate of drug-likeness (QED) is 0.206. The fraction of sp³-hybridized carbons (Fsp3) is 0.600. The zero-order valence-corrected chi connectivity index (χ0v) is 11.1. The molecule has 90 valence electrons. The minimum Gasteiger partial charge on any atom is -0.409 e. The second kappa shape index (κ2) is 6.10. The second-order valence-corrected chi connectivity index (χ2v) is 6.36. The van der Waals surface area contributed by atoms with Crippen LogP contribution in [0.25, 0.3) is 0 Å². The first-order valence-corrected chi connectivity index (χ1v) is 6.93. The number of amidine groups is 1. The van der Waals surface area contributed by atoms with E-state index >= 15 is 0 Å². The van der Waals surface area contributed by atoms with Crippen molar-refractivity contribution in [3.63, 3.8) is 0 Å². The molecule has 0 aliphatic carbocycles. The number of hydrogen-bond donors (Lipinski definition) is 2. The lowest BCUT2D eigenvalue weighted by Gasteiger charge is -2.22. The van der Waals surface area contributed by atoms with Gasteiger partial charge < -0.3 is 10.9 Å². The van der Waals surface area contributed by atoms with E-state index in [-0.39, 0.29) is 5.41 Å². The fourth-order valence-electron chi connectivity index (χ4n) is 1.22. The lowest BCUT2D eigenvalue weighted by atomic mass is 9.87. The summed E-state index contributed by atoms with van der Waals surface area (Å²) in [5, 5.41) is 13.7. The van der Waals surface area contributed by atoms with E-state index in [1.54, 1.807) is 23.1 Å². The number of aromatic nitrogens is 1. The van der Waals surface area contributed by atoms with Gasteiger partial charge in [0.25, 0.3) is 0 Å². The number of hydrogen-bond acceptors (Lipinski definition) is 5. The van der Waals surface area contributed by atoms with Crippen LogP contribution in [0.4, 0.5) is 0 Å². The maximum absolute atomic E-state index is 8.63. The molecule has 16 heavy (non-hydrogen) atoms. The maximum Gasteiger partial charge on any atom is 0.149 e. The number of rotatable bonds is 6. The lowest BCUT2D eigenvalue weighted by molar-refractivity contribution is 0.305. The molecule has 0 saturated carbocycles. The molecular weight excluding hydrogens is 242 g/mol. The minimum atomic E-state index is -0.238. The Kier molecular flexibility index (Phi) is 5.08. The molecule has 0 radical (unpaired) electrons. The molecule has 0 spiro atoms. The van der Waals surface area contributed by atoms with E-state index in [1.165, 1.54) is 0 Å². The zero-order valence-electron chi connectivity index (χ0n) is 9.51. The van der Waals surface area contributed by atoms with Crippen LogP contribution < -0.4 is 5.73 Å². The Bertz CT molecular complexity index is 336. The van der Waals surface area contributed by atoms with Crippen molar-refractivity contribution in [3.8, 4) is 0 Å². The average Bonchev–Trinajstić information content (AvgIpc) is 2.76. The molecule has 0 atom stereocenters. The van der Waals surface area contributed by atoms with Gasteiger partial charge in [0.2, 0.25) is 0 Å². The van der Waals surface area contributed by atoms with Crippen molar-refractivity contribution in [2.45, 2.75) is 31.0 Å². The van der Waals surface area contributed by atoms with Gasteiger partial charge in [0, 0.05) is 22.7 Å². The lowest BCUT2D eigenvalue weighted by Crippen LogP contribution is -2.31. The van der Waals surface area contributed by atoms with Crippen LogP contribution in [-0.4, -0.2) is 21.8 Å². The van der Waals surface area contributed by atoms with Crippen molar-refractivity contribution in [1.82, 2.24) is 4.98 Å². The molecule has 0 saturated heterocycles. The standard InChI is InChI=1S/C10H17N3OS2/c1-10(2,8(11)13-14)4-3-6-15-9-12-5-7-16-9/h5,7,14H,3-4,6H2,1-2H3,(H2,11,13). The Balaban J connectivity index is 2.25. The molecule has 0 bridgehead atoms. The van der Waals surface area contributed by atoms with Crippen LogP contribution in [0.2, 0.25) is 0 Å². The van der Waals surface area contributed by atoms with Gasteiger partial charge in [0.1, 0.15) is 10.2 Å². The molecule has 4 nitrogen and oxygen atoms in total. The van der Waals surface area contributed by atoms with Crippen molar-refractivity contribution >= 4 is 28.9 Å². The van der Waals surface area contributed by atoms with Gasteiger partial charge >= 0.3 is 0 Å². The summed E-state index contributed by atoms with van der Waals surface area (Å²) in [7, 11) is 0. The highest BCUT2D eigenvalue weighted by atomic mass is 32.2. The Hall–Kier alpha value is -0.750. The average molecular weight is 259 g/mol. The van der Waals surface area contributed by atoms with E-state index < -0.39 is 0 Å². The first-order chi connectivity index (χ1) is 7.56. The number of thioether (sulfide) groups is 1. The summed E-state index contributed by atoms with van der Waals surface area (Å²) in [6.07, 6.45) is 3.74. The Labute approximate surface area is 104 Å².